The molecule has 0 saturated carbocycles. The third kappa shape index (κ3) is 4.47. The second-order valence-corrected chi connectivity index (χ2v) is 6.31. The van der Waals surface area contributed by atoms with Gasteiger partial charge in [0.25, 0.3) is 0 Å². The molecule has 6 heteroatoms. The van der Waals surface area contributed by atoms with Gasteiger partial charge in [0.2, 0.25) is 0 Å². The molecule has 0 bridgehead atoms. The van der Waals surface area contributed by atoms with Crippen LogP contribution in [0.15, 0.2) is 35.7 Å². The molecule has 1 aromatic carbocycles. The number of carbonyl (C=O) groups excluding carboxylic acids is 2. The molecule has 5 nitrogen and oxygen atoms in total. The molecule has 2 heterocycles. The molecule has 0 N–H and O–H groups in total. The summed E-state index contributed by atoms with van der Waals surface area (Å²) < 4.78 is 2.06. The molecule has 3 rings (SSSR count). The van der Waals surface area contributed by atoms with Crippen molar-refractivity contribution in [3.8, 4) is 11.3 Å². The van der Waals surface area contributed by atoms with Crippen LogP contribution in [0, 0.1) is 13.8 Å². The summed E-state index contributed by atoms with van der Waals surface area (Å²) in [6, 6.07) is 10.6. The Morgan fingerprint density at radius 1 is 1.21 bits per heavy atom. The molecule has 0 atom stereocenters. The molecule has 24 heavy (non-hydrogen) atoms. The maximum Gasteiger partial charge on any atom is 0.373 e. The minimum absolute atomic E-state index is 0.250. The van der Waals surface area contributed by atoms with Gasteiger partial charge in [-0.3, -0.25) is 4.68 Å². The van der Waals surface area contributed by atoms with Crippen molar-refractivity contribution in [2.45, 2.75) is 33.7 Å². The fourth-order valence-electron chi connectivity index (χ4n) is 2.47. The van der Waals surface area contributed by atoms with Crippen LogP contribution in [0.1, 0.15) is 28.9 Å². The maximum atomic E-state index is 8.12. The van der Waals surface area contributed by atoms with Crippen molar-refractivity contribution in [2.24, 2.45) is 0 Å². The number of aryl methyl sites for hydroxylation is 3. The van der Waals surface area contributed by atoms with Crippen molar-refractivity contribution in [3.05, 3.63) is 57.7 Å². The SMILES string of the molecule is CCc1cc(C)nn1Cc1nc(-c2cccc(C)c2)cs1.O=C=O. The van der Waals surface area contributed by atoms with Crippen LogP contribution < -0.4 is 0 Å². The van der Waals surface area contributed by atoms with Crippen LogP contribution in [0.25, 0.3) is 11.3 Å². The summed E-state index contributed by atoms with van der Waals surface area (Å²) >= 11 is 1.70. The zero-order chi connectivity index (χ0) is 17.5. The van der Waals surface area contributed by atoms with Gasteiger partial charge >= 0.3 is 6.15 Å². The van der Waals surface area contributed by atoms with Gasteiger partial charge in [0, 0.05) is 16.6 Å². The Labute approximate surface area is 145 Å². The second kappa shape index (κ2) is 8.34. The van der Waals surface area contributed by atoms with Gasteiger partial charge < -0.3 is 0 Å². The molecule has 3 aromatic rings. The number of nitrogens with zero attached hydrogens (tertiary/aromatic N) is 3. The summed E-state index contributed by atoms with van der Waals surface area (Å²) in [4.78, 5) is 21.0. The third-order valence-electron chi connectivity index (χ3n) is 3.50. The number of rotatable bonds is 4. The quantitative estimate of drug-likeness (QED) is 0.726. The first-order valence-corrected chi connectivity index (χ1v) is 8.49. The molecule has 0 aliphatic rings. The van der Waals surface area contributed by atoms with E-state index >= 15 is 0 Å². The summed E-state index contributed by atoms with van der Waals surface area (Å²) in [6.45, 7) is 7.06. The van der Waals surface area contributed by atoms with Crippen LogP contribution in [0.4, 0.5) is 0 Å². The third-order valence-corrected chi connectivity index (χ3v) is 4.33. The van der Waals surface area contributed by atoms with E-state index in [-0.39, 0.29) is 6.15 Å². The minimum Gasteiger partial charge on any atom is -0.262 e. The van der Waals surface area contributed by atoms with E-state index in [1.807, 2.05) is 6.92 Å². The molecule has 0 aliphatic heterocycles. The summed E-state index contributed by atoms with van der Waals surface area (Å²) in [5.74, 6) is 0. The predicted octanol–water partition coefficient (Wildman–Crippen LogP) is 3.65. The number of thiazole rings is 1. The smallest absolute Gasteiger partial charge is 0.262 e. The highest BCUT2D eigenvalue weighted by atomic mass is 32.1. The van der Waals surface area contributed by atoms with Crippen LogP contribution in [-0.4, -0.2) is 20.9 Å². The Morgan fingerprint density at radius 2 is 1.96 bits per heavy atom. The summed E-state index contributed by atoms with van der Waals surface area (Å²) in [7, 11) is 0. The van der Waals surface area contributed by atoms with Crippen molar-refractivity contribution in [1.29, 1.82) is 0 Å². The standard InChI is InChI=1S/C17H19N3S.CO2/c1-4-15-9-13(3)19-20(15)10-17-18-16(11-21-17)14-7-5-6-12(2)8-14;2-1-3/h5-9,11H,4,10H2,1-3H3;. The van der Waals surface area contributed by atoms with Gasteiger partial charge in [-0.2, -0.15) is 14.7 Å². The fourth-order valence-corrected chi connectivity index (χ4v) is 3.25. The minimum atomic E-state index is 0.250. The van der Waals surface area contributed by atoms with E-state index in [9.17, 15) is 0 Å². The Kier molecular flexibility index (Phi) is 6.18. The zero-order valence-electron chi connectivity index (χ0n) is 13.9. The van der Waals surface area contributed by atoms with Gasteiger partial charge in [-0.15, -0.1) is 11.3 Å². The van der Waals surface area contributed by atoms with Crippen LogP contribution in [-0.2, 0) is 22.6 Å². The van der Waals surface area contributed by atoms with E-state index in [2.05, 4.69) is 59.3 Å². The summed E-state index contributed by atoms with van der Waals surface area (Å²) in [5.41, 5.74) is 5.84. The first-order valence-electron chi connectivity index (χ1n) is 7.61. The lowest BCUT2D eigenvalue weighted by Gasteiger charge is -2.03. The topological polar surface area (TPSA) is 64.8 Å². The first-order chi connectivity index (χ1) is 11.6. The van der Waals surface area contributed by atoms with Gasteiger partial charge in [-0.05, 0) is 32.4 Å². The predicted molar refractivity (Wildman–Crippen MR) is 92.7 cm³/mol. The molecule has 2 aromatic heterocycles. The van der Waals surface area contributed by atoms with E-state index in [0.29, 0.717) is 0 Å². The van der Waals surface area contributed by atoms with Crippen LogP contribution >= 0.6 is 11.3 Å². The van der Waals surface area contributed by atoms with Crippen LogP contribution in [0.2, 0.25) is 0 Å². The largest absolute Gasteiger partial charge is 0.373 e. The van der Waals surface area contributed by atoms with Crippen molar-refractivity contribution >= 4 is 17.5 Å². The molecular weight excluding hydrogens is 322 g/mol. The molecule has 0 amide bonds. The fraction of sp³-hybridized carbons (Fsp3) is 0.278. The number of hydrogen-bond acceptors (Lipinski definition) is 5. The Bertz CT molecular complexity index is 846. The highest BCUT2D eigenvalue weighted by molar-refractivity contribution is 7.09. The lowest BCUT2D eigenvalue weighted by atomic mass is 10.1. The van der Waals surface area contributed by atoms with Crippen LogP contribution in [0.3, 0.4) is 0 Å². The van der Waals surface area contributed by atoms with Crippen LogP contribution in [0.5, 0.6) is 0 Å². The van der Waals surface area contributed by atoms with Crippen molar-refractivity contribution in [2.75, 3.05) is 0 Å². The van der Waals surface area contributed by atoms with Crippen molar-refractivity contribution < 1.29 is 9.59 Å². The molecule has 124 valence electrons. The zero-order valence-corrected chi connectivity index (χ0v) is 14.8. The van der Waals surface area contributed by atoms with Crippen molar-refractivity contribution in [1.82, 2.24) is 14.8 Å². The van der Waals surface area contributed by atoms with Gasteiger partial charge in [0.15, 0.2) is 0 Å². The van der Waals surface area contributed by atoms with E-state index in [0.717, 1.165) is 29.4 Å². The average molecular weight is 341 g/mol. The van der Waals surface area contributed by atoms with E-state index in [1.165, 1.54) is 16.8 Å². The molecule has 0 saturated heterocycles. The highest BCUT2D eigenvalue weighted by Gasteiger charge is 2.09. The van der Waals surface area contributed by atoms with E-state index in [1.54, 1.807) is 11.3 Å². The number of hydrogen-bond donors (Lipinski definition) is 0. The molecule has 0 fully saturated rings. The molecule has 0 spiro atoms. The maximum absolute atomic E-state index is 8.12. The average Bonchev–Trinajstić information content (AvgIpc) is 3.15. The van der Waals surface area contributed by atoms with Gasteiger partial charge in [0.05, 0.1) is 17.9 Å². The highest BCUT2D eigenvalue weighted by Crippen LogP contribution is 2.23. The lowest BCUT2D eigenvalue weighted by molar-refractivity contribution is -0.191. The first kappa shape index (κ1) is 17.8. The van der Waals surface area contributed by atoms with Gasteiger partial charge in [0.1, 0.15) is 5.01 Å². The molecule has 0 unspecified atom stereocenters. The number of aromatic nitrogens is 3. The molecule has 0 radical (unpaired) electrons. The molecule has 0 aliphatic carbocycles. The Morgan fingerprint density at radius 3 is 2.62 bits per heavy atom. The van der Waals surface area contributed by atoms with Gasteiger partial charge in [-0.25, -0.2) is 4.98 Å². The van der Waals surface area contributed by atoms with E-state index < -0.39 is 0 Å². The normalized spacial score (nSPS) is 9.96. The lowest BCUT2D eigenvalue weighted by Crippen LogP contribution is -2.05. The summed E-state index contributed by atoms with van der Waals surface area (Å²) in [6.07, 6.45) is 1.25. The van der Waals surface area contributed by atoms with Crippen molar-refractivity contribution in [3.63, 3.8) is 0 Å². The Balaban J connectivity index is 0.000000647. The van der Waals surface area contributed by atoms with Gasteiger partial charge in [-0.1, -0.05) is 30.7 Å². The molecular formula is C18H19N3O2S. The second-order valence-electron chi connectivity index (χ2n) is 5.37. The monoisotopic (exact) mass is 341 g/mol. The van der Waals surface area contributed by atoms with E-state index in [4.69, 9.17) is 14.6 Å². The summed E-state index contributed by atoms with van der Waals surface area (Å²) in [5, 5.41) is 7.79. The Hall–Kier alpha value is -2.56. The number of benzene rings is 1.